The van der Waals surface area contributed by atoms with Gasteiger partial charge in [0.15, 0.2) is 10.8 Å². The van der Waals surface area contributed by atoms with Crippen molar-refractivity contribution >= 4 is 28.3 Å². The van der Waals surface area contributed by atoms with E-state index in [-0.39, 0.29) is 11.8 Å². The molecule has 2 N–H and O–H groups in total. The lowest BCUT2D eigenvalue weighted by Crippen LogP contribution is -2.26. The number of nitrogens with zero attached hydrogens (tertiary/aromatic N) is 4. The Morgan fingerprint density at radius 3 is 2.83 bits per heavy atom. The molecule has 1 aliphatic rings. The van der Waals surface area contributed by atoms with Gasteiger partial charge in [0.05, 0.1) is 5.69 Å². The van der Waals surface area contributed by atoms with Crippen LogP contribution in [0.1, 0.15) is 37.1 Å². The Morgan fingerprint density at radius 1 is 1.38 bits per heavy atom. The number of fused-ring (bicyclic) bond motifs is 1. The average molecular weight is 348 g/mol. The van der Waals surface area contributed by atoms with E-state index in [1.165, 1.54) is 16.2 Å². The largest absolute Gasteiger partial charge is 0.344 e. The van der Waals surface area contributed by atoms with Crippen LogP contribution >= 0.6 is 11.3 Å². The molecular weight excluding hydrogens is 328 g/mol. The number of aromatic nitrogens is 3. The molecule has 0 radical (unpaired) electrons. The van der Waals surface area contributed by atoms with Crippen LogP contribution in [-0.4, -0.2) is 52.1 Å². The molecule has 9 heteroatoms. The topological polar surface area (TPSA) is 92.1 Å². The van der Waals surface area contributed by atoms with Gasteiger partial charge >= 0.3 is 0 Å². The highest BCUT2D eigenvalue weighted by Gasteiger charge is 2.25. The van der Waals surface area contributed by atoms with Gasteiger partial charge < -0.3 is 10.2 Å². The third kappa shape index (κ3) is 2.92. The first kappa shape index (κ1) is 16.6. The molecule has 0 spiro atoms. The SMILES string of the molecule is Cc1nc(NC(=O)c2nn(C)c3c2CNCC3)sc1C(=O)N(C)C. The number of carbonyl (C=O) groups is 2. The van der Waals surface area contributed by atoms with Crippen molar-refractivity contribution in [3.63, 3.8) is 0 Å². The Balaban J connectivity index is 1.84. The molecule has 2 aromatic heterocycles. The highest BCUT2D eigenvalue weighted by molar-refractivity contribution is 7.17. The molecule has 8 nitrogen and oxygen atoms in total. The van der Waals surface area contributed by atoms with Crippen molar-refractivity contribution in [1.82, 2.24) is 25.0 Å². The summed E-state index contributed by atoms with van der Waals surface area (Å²) in [4.78, 5) is 31.0. The zero-order valence-corrected chi connectivity index (χ0v) is 15.0. The van der Waals surface area contributed by atoms with Crippen LogP contribution in [0.3, 0.4) is 0 Å². The van der Waals surface area contributed by atoms with E-state index in [0.717, 1.165) is 24.2 Å². The van der Waals surface area contributed by atoms with E-state index in [1.54, 1.807) is 25.7 Å². The quantitative estimate of drug-likeness (QED) is 0.855. The standard InChI is InChI=1S/C15H20N6O2S/c1-8-12(14(23)20(2)3)24-15(17-8)18-13(22)11-9-7-16-6-5-10(9)21(4)19-11/h16H,5-7H2,1-4H3,(H,17,18,22). The van der Waals surface area contributed by atoms with Gasteiger partial charge in [-0.05, 0) is 6.92 Å². The van der Waals surface area contributed by atoms with Crippen LogP contribution in [0.15, 0.2) is 0 Å². The lowest BCUT2D eigenvalue weighted by molar-refractivity contribution is 0.0831. The minimum absolute atomic E-state index is 0.120. The van der Waals surface area contributed by atoms with E-state index < -0.39 is 0 Å². The fourth-order valence-corrected chi connectivity index (χ4v) is 3.69. The van der Waals surface area contributed by atoms with E-state index in [2.05, 4.69) is 20.7 Å². The Morgan fingerprint density at radius 2 is 2.12 bits per heavy atom. The van der Waals surface area contributed by atoms with E-state index in [0.29, 0.717) is 27.9 Å². The molecule has 0 bridgehead atoms. The van der Waals surface area contributed by atoms with Gasteiger partial charge in [-0.1, -0.05) is 11.3 Å². The summed E-state index contributed by atoms with van der Waals surface area (Å²) in [6, 6.07) is 0. The third-order valence-corrected chi connectivity index (χ3v) is 5.01. The first-order valence-corrected chi connectivity index (χ1v) is 8.46. The molecule has 2 amide bonds. The molecule has 0 saturated carbocycles. The zero-order valence-electron chi connectivity index (χ0n) is 14.1. The number of hydrogen-bond donors (Lipinski definition) is 2. The van der Waals surface area contributed by atoms with Crippen molar-refractivity contribution in [2.75, 3.05) is 26.0 Å². The van der Waals surface area contributed by atoms with Gasteiger partial charge in [-0.3, -0.25) is 19.6 Å². The molecule has 3 rings (SSSR count). The Bertz CT molecular complexity index is 807. The van der Waals surface area contributed by atoms with Crippen LogP contribution in [-0.2, 0) is 20.0 Å². The molecular formula is C15H20N6O2S. The number of amides is 2. The number of nitrogens with one attached hydrogen (secondary N) is 2. The summed E-state index contributed by atoms with van der Waals surface area (Å²) < 4.78 is 1.76. The van der Waals surface area contributed by atoms with Gasteiger partial charge in [0, 0.05) is 51.9 Å². The fourth-order valence-electron chi connectivity index (χ4n) is 2.71. The number of rotatable bonds is 3. The number of thiazole rings is 1. The van der Waals surface area contributed by atoms with Crippen molar-refractivity contribution in [2.24, 2.45) is 7.05 Å². The number of anilines is 1. The van der Waals surface area contributed by atoms with Crippen LogP contribution in [0.2, 0.25) is 0 Å². The Hall–Kier alpha value is -2.26. The average Bonchev–Trinajstić information content (AvgIpc) is 3.07. The van der Waals surface area contributed by atoms with Gasteiger partial charge in [-0.2, -0.15) is 5.10 Å². The fraction of sp³-hybridized carbons (Fsp3) is 0.467. The summed E-state index contributed by atoms with van der Waals surface area (Å²) in [6.45, 7) is 3.28. The van der Waals surface area contributed by atoms with E-state index in [9.17, 15) is 9.59 Å². The van der Waals surface area contributed by atoms with Crippen LogP contribution in [0, 0.1) is 6.92 Å². The molecule has 3 heterocycles. The predicted molar refractivity (Wildman–Crippen MR) is 91.4 cm³/mol. The predicted octanol–water partition coefficient (Wildman–Crippen LogP) is 0.785. The van der Waals surface area contributed by atoms with Crippen molar-refractivity contribution in [1.29, 1.82) is 0 Å². The molecule has 24 heavy (non-hydrogen) atoms. The first-order chi connectivity index (χ1) is 11.4. The van der Waals surface area contributed by atoms with Crippen LogP contribution in [0.5, 0.6) is 0 Å². The summed E-state index contributed by atoms with van der Waals surface area (Å²) in [6.07, 6.45) is 0.851. The monoisotopic (exact) mass is 348 g/mol. The maximum Gasteiger partial charge on any atom is 0.278 e. The van der Waals surface area contributed by atoms with E-state index in [1.807, 2.05) is 7.05 Å². The van der Waals surface area contributed by atoms with Crippen molar-refractivity contribution in [3.8, 4) is 0 Å². The van der Waals surface area contributed by atoms with Gasteiger partial charge in [0.25, 0.3) is 11.8 Å². The number of carbonyl (C=O) groups excluding carboxylic acids is 2. The van der Waals surface area contributed by atoms with Gasteiger partial charge in [-0.15, -0.1) is 0 Å². The van der Waals surface area contributed by atoms with Crippen molar-refractivity contribution in [3.05, 3.63) is 27.5 Å². The summed E-state index contributed by atoms with van der Waals surface area (Å²) in [5.74, 6) is -0.418. The van der Waals surface area contributed by atoms with Gasteiger partial charge in [0.2, 0.25) is 0 Å². The molecule has 128 valence electrons. The molecule has 0 saturated heterocycles. The smallest absolute Gasteiger partial charge is 0.278 e. The minimum Gasteiger partial charge on any atom is -0.344 e. The summed E-state index contributed by atoms with van der Waals surface area (Å²) in [5.41, 5.74) is 3.03. The number of aryl methyl sites for hydroxylation is 2. The first-order valence-electron chi connectivity index (χ1n) is 7.64. The van der Waals surface area contributed by atoms with Crippen LogP contribution < -0.4 is 10.6 Å². The molecule has 0 unspecified atom stereocenters. The zero-order chi connectivity index (χ0) is 17.4. The maximum absolute atomic E-state index is 12.6. The highest BCUT2D eigenvalue weighted by atomic mass is 32.1. The van der Waals surface area contributed by atoms with E-state index in [4.69, 9.17) is 0 Å². The van der Waals surface area contributed by atoms with Gasteiger partial charge in [-0.25, -0.2) is 4.98 Å². The van der Waals surface area contributed by atoms with Crippen LogP contribution in [0.4, 0.5) is 5.13 Å². The highest BCUT2D eigenvalue weighted by Crippen LogP contribution is 2.25. The second kappa shape index (κ2) is 6.33. The normalized spacial score (nSPS) is 13.5. The second-order valence-electron chi connectivity index (χ2n) is 5.91. The Kier molecular flexibility index (Phi) is 4.37. The lowest BCUT2D eigenvalue weighted by atomic mass is 10.1. The molecule has 0 atom stereocenters. The summed E-state index contributed by atoms with van der Waals surface area (Å²) in [7, 11) is 5.22. The molecule has 1 aliphatic heterocycles. The number of hydrogen-bond acceptors (Lipinski definition) is 6. The Labute approximate surface area is 143 Å². The van der Waals surface area contributed by atoms with Crippen molar-refractivity contribution < 1.29 is 9.59 Å². The maximum atomic E-state index is 12.6. The summed E-state index contributed by atoms with van der Waals surface area (Å²) in [5, 5.41) is 10.8. The molecule has 0 aromatic carbocycles. The third-order valence-electron chi connectivity index (χ3n) is 3.95. The van der Waals surface area contributed by atoms with Crippen molar-refractivity contribution in [2.45, 2.75) is 19.9 Å². The molecule has 2 aromatic rings. The van der Waals surface area contributed by atoms with Gasteiger partial charge in [0.1, 0.15) is 4.88 Å². The molecule has 0 fully saturated rings. The minimum atomic E-state index is -0.298. The van der Waals surface area contributed by atoms with Crippen LogP contribution in [0.25, 0.3) is 0 Å². The lowest BCUT2D eigenvalue weighted by Gasteiger charge is -2.13. The second-order valence-corrected chi connectivity index (χ2v) is 6.91. The summed E-state index contributed by atoms with van der Waals surface area (Å²) >= 11 is 1.18. The van der Waals surface area contributed by atoms with E-state index >= 15 is 0 Å². The molecule has 0 aliphatic carbocycles.